The Hall–Kier alpha value is -1.66. The number of hydrogen-bond acceptors (Lipinski definition) is 6. The molecule has 0 atom stereocenters. The van der Waals surface area contributed by atoms with E-state index in [-0.39, 0.29) is 0 Å². The second-order valence-electron chi connectivity index (χ2n) is 1.59. The van der Waals surface area contributed by atoms with Gasteiger partial charge < -0.3 is 9.68 Å². The molecule has 66 valence electrons. The van der Waals surface area contributed by atoms with Gasteiger partial charge in [-0.05, 0) is 0 Å². The summed E-state index contributed by atoms with van der Waals surface area (Å²) in [5.41, 5.74) is 0. The zero-order valence-electron chi connectivity index (χ0n) is 6.10. The Morgan fingerprint density at radius 3 is 1.50 bits per heavy atom. The molecule has 6 heteroatoms. The molecule has 6 nitrogen and oxygen atoms in total. The number of rotatable bonds is 3. The van der Waals surface area contributed by atoms with Crippen LogP contribution in [0.25, 0.3) is 0 Å². The van der Waals surface area contributed by atoms with Crippen molar-refractivity contribution < 1.29 is 19.3 Å². The predicted molar refractivity (Wildman–Crippen MR) is 38.8 cm³/mol. The van der Waals surface area contributed by atoms with E-state index in [1.165, 1.54) is 12.2 Å². The van der Waals surface area contributed by atoms with Crippen molar-refractivity contribution in [1.82, 2.24) is 0 Å². The molecule has 0 aromatic heterocycles. The zero-order valence-corrected chi connectivity index (χ0v) is 6.10. The minimum Gasteiger partial charge on any atom is -0.370 e. The Bertz CT molecular complexity index is 198. The summed E-state index contributed by atoms with van der Waals surface area (Å²) in [5, 5.41) is 0. The zero-order chi connectivity index (χ0) is 9.40. The maximum atomic E-state index is 10.3. The molecule has 0 spiro atoms. The molecule has 0 saturated carbocycles. The molecule has 0 fully saturated rings. The topological polar surface area (TPSA) is 105 Å². The Morgan fingerprint density at radius 1 is 0.917 bits per heavy atom. The smallest absolute Gasteiger partial charge is 0.349 e. The maximum absolute atomic E-state index is 10.3. The number of carbonyl (C=O) groups is 2. The quantitative estimate of drug-likeness (QED) is 0.319. The van der Waals surface area contributed by atoms with Crippen molar-refractivity contribution >= 4 is 11.9 Å². The molecule has 12 heavy (non-hydrogen) atoms. The Kier molecular flexibility index (Phi) is 5.24. The minimum atomic E-state index is -0.722. The fourth-order valence-corrected chi connectivity index (χ4v) is 0.347. The molecule has 0 unspecified atom stereocenters. The number of carbonyl (C=O) groups excluding carboxylic acids is 2. The minimum absolute atomic E-state index is 0.722. The Labute approximate surface area is 68.3 Å². The summed E-state index contributed by atoms with van der Waals surface area (Å²) in [6.45, 7) is 0. The number of nitrogens with two attached hydrogens (primary N) is 2. The van der Waals surface area contributed by atoms with Crippen molar-refractivity contribution in [2.75, 3.05) is 0 Å². The lowest BCUT2D eigenvalue weighted by atomic mass is 10.4. The van der Waals surface area contributed by atoms with Gasteiger partial charge >= 0.3 is 11.9 Å². The summed E-state index contributed by atoms with van der Waals surface area (Å²) >= 11 is 0. The lowest BCUT2D eigenvalue weighted by Gasteiger charge is -1.86. The first kappa shape index (κ1) is 10.3. The van der Waals surface area contributed by atoms with Gasteiger partial charge in [0.2, 0.25) is 0 Å². The molecule has 0 aliphatic carbocycles. The Morgan fingerprint density at radius 2 is 1.25 bits per heavy atom. The fourth-order valence-electron chi connectivity index (χ4n) is 0.347. The van der Waals surface area contributed by atoms with E-state index in [0.29, 0.717) is 0 Å². The van der Waals surface area contributed by atoms with Crippen LogP contribution in [-0.2, 0) is 19.3 Å². The van der Waals surface area contributed by atoms with Crippen molar-refractivity contribution in [3.63, 3.8) is 0 Å². The van der Waals surface area contributed by atoms with E-state index in [9.17, 15) is 9.59 Å². The Balaban J connectivity index is 3.81. The third kappa shape index (κ3) is 5.15. The molecule has 0 saturated heterocycles. The highest BCUT2D eigenvalue weighted by Crippen LogP contribution is 1.80. The van der Waals surface area contributed by atoms with Gasteiger partial charge in [0, 0.05) is 12.2 Å². The van der Waals surface area contributed by atoms with Crippen LogP contribution in [0.3, 0.4) is 0 Å². The van der Waals surface area contributed by atoms with Crippen molar-refractivity contribution in [3.8, 4) is 0 Å². The first-order valence-corrected chi connectivity index (χ1v) is 2.87. The third-order valence-electron chi connectivity index (χ3n) is 0.808. The van der Waals surface area contributed by atoms with Crippen molar-refractivity contribution in [2.45, 2.75) is 0 Å². The first-order chi connectivity index (χ1) is 5.70. The molecule has 0 rings (SSSR count). The van der Waals surface area contributed by atoms with Gasteiger partial charge in [0.1, 0.15) is 0 Å². The lowest BCUT2D eigenvalue weighted by Crippen LogP contribution is -2.06. The molecule has 0 aromatic rings. The molecule has 0 aromatic carbocycles. The molecule has 4 N–H and O–H groups in total. The summed E-state index contributed by atoms with van der Waals surface area (Å²) in [6.07, 6.45) is 4.57. The SMILES string of the molecule is NOC(=O)/C=C\C=C/C(=O)ON. The summed E-state index contributed by atoms with van der Waals surface area (Å²) in [5.74, 6) is 7.56. The molecule has 0 amide bonds. The van der Waals surface area contributed by atoms with Crippen molar-refractivity contribution in [2.24, 2.45) is 11.8 Å². The predicted octanol–water partition coefficient (Wildman–Crippen LogP) is -1.07. The van der Waals surface area contributed by atoms with Gasteiger partial charge in [0.25, 0.3) is 0 Å². The highest BCUT2D eigenvalue weighted by Gasteiger charge is 1.90. The highest BCUT2D eigenvalue weighted by atomic mass is 16.7. The number of hydrogen-bond donors (Lipinski definition) is 2. The average molecular weight is 172 g/mol. The summed E-state index contributed by atoms with van der Waals surface area (Å²) in [7, 11) is 0. The fraction of sp³-hybridized carbons (Fsp3) is 0. The van der Waals surface area contributed by atoms with Crippen molar-refractivity contribution in [3.05, 3.63) is 24.3 Å². The van der Waals surface area contributed by atoms with Crippen LogP contribution in [0.1, 0.15) is 0 Å². The van der Waals surface area contributed by atoms with E-state index in [2.05, 4.69) is 21.5 Å². The molecule has 0 radical (unpaired) electrons. The van der Waals surface area contributed by atoms with Crippen LogP contribution < -0.4 is 11.8 Å². The average Bonchev–Trinajstić information content (AvgIpc) is 2.11. The van der Waals surface area contributed by atoms with Crippen LogP contribution in [-0.4, -0.2) is 11.9 Å². The molecule has 0 bridgehead atoms. The van der Waals surface area contributed by atoms with E-state index in [4.69, 9.17) is 0 Å². The monoisotopic (exact) mass is 172 g/mol. The van der Waals surface area contributed by atoms with Crippen LogP contribution in [0.15, 0.2) is 24.3 Å². The highest BCUT2D eigenvalue weighted by molar-refractivity contribution is 5.84. The largest absolute Gasteiger partial charge is 0.370 e. The molecular formula is C6H8N2O4. The van der Waals surface area contributed by atoms with E-state index in [1.54, 1.807) is 0 Å². The summed E-state index contributed by atoms with van der Waals surface area (Å²) in [4.78, 5) is 28.2. The van der Waals surface area contributed by atoms with Crippen molar-refractivity contribution in [1.29, 1.82) is 0 Å². The first-order valence-electron chi connectivity index (χ1n) is 2.87. The van der Waals surface area contributed by atoms with Gasteiger partial charge in [-0.3, -0.25) is 0 Å². The normalized spacial score (nSPS) is 10.5. The van der Waals surface area contributed by atoms with E-state index in [1.807, 2.05) is 0 Å². The van der Waals surface area contributed by atoms with Gasteiger partial charge in [-0.25, -0.2) is 9.59 Å². The van der Waals surface area contributed by atoms with E-state index in [0.717, 1.165) is 12.2 Å². The summed E-state index contributed by atoms with van der Waals surface area (Å²) < 4.78 is 0. The van der Waals surface area contributed by atoms with Crippen LogP contribution in [0.2, 0.25) is 0 Å². The third-order valence-corrected chi connectivity index (χ3v) is 0.808. The van der Waals surface area contributed by atoms with Gasteiger partial charge in [-0.2, -0.15) is 11.8 Å². The van der Waals surface area contributed by atoms with Gasteiger partial charge in [-0.15, -0.1) is 0 Å². The standard InChI is InChI=1S/C6H8N2O4/c7-11-5(9)3-1-2-4-6(10)12-8/h1-4H,7-8H2/b3-1-,4-2-. The summed E-state index contributed by atoms with van der Waals surface area (Å²) in [6, 6.07) is 0. The molecular weight excluding hydrogens is 164 g/mol. The van der Waals surface area contributed by atoms with Gasteiger partial charge in [0.05, 0.1) is 0 Å². The van der Waals surface area contributed by atoms with Crippen LogP contribution in [0.4, 0.5) is 0 Å². The molecule has 0 heterocycles. The molecule has 0 aliphatic heterocycles. The van der Waals surface area contributed by atoms with Gasteiger partial charge in [0.15, 0.2) is 0 Å². The van der Waals surface area contributed by atoms with Crippen LogP contribution >= 0.6 is 0 Å². The number of allylic oxidation sites excluding steroid dienone is 2. The van der Waals surface area contributed by atoms with E-state index < -0.39 is 11.9 Å². The van der Waals surface area contributed by atoms with Gasteiger partial charge in [-0.1, -0.05) is 12.2 Å². The second-order valence-corrected chi connectivity index (χ2v) is 1.59. The lowest BCUT2D eigenvalue weighted by molar-refractivity contribution is -0.139. The second kappa shape index (κ2) is 6.08. The van der Waals surface area contributed by atoms with Crippen LogP contribution in [0, 0.1) is 0 Å². The molecule has 0 aliphatic rings. The maximum Gasteiger partial charge on any atom is 0.349 e. The van der Waals surface area contributed by atoms with E-state index >= 15 is 0 Å². The van der Waals surface area contributed by atoms with Crippen LogP contribution in [0.5, 0.6) is 0 Å².